The molecule has 0 amide bonds. The molecule has 0 aromatic heterocycles. The summed E-state index contributed by atoms with van der Waals surface area (Å²) in [5.74, 6) is -1.89. The van der Waals surface area contributed by atoms with E-state index < -0.39 is 45.0 Å². The molecule has 1 aromatic rings. The van der Waals surface area contributed by atoms with Crippen molar-refractivity contribution in [1.82, 2.24) is 0 Å². The number of hydrogen-bond acceptors (Lipinski definition) is 6. The summed E-state index contributed by atoms with van der Waals surface area (Å²) in [4.78, 5) is 25.1. The third kappa shape index (κ3) is 5.74. The van der Waals surface area contributed by atoms with Crippen LogP contribution in [0.15, 0.2) is 30.3 Å². The molecule has 2 heterocycles. The Hall–Kier alpha value is -1.74. The van der Waals surface area contributed by atoms with Crippen LogP contribution in [0.1, 0.15) is 26.2 Å². The maximum atomic E-state index is 13.5. The Morgan fingerprint density at radius 1 is 1.19 bits per heavy atom. The van der Waals surface area contributed by atoms with E-state index in [9.17, 15) is 27.3 Å². The molecule has 2 aliphatic heterocycles. The summed E-state index contributed by atoms with van der Waals surface area (Å²) in [5.41, 5.74) is 0. The van der Waals surface area contributed by atoms with Crippen molar-refractivity contribution in [1.29, 1.82) is 0 Å². The average molecular weight is 464 g/mol. The summed E-state index contributed by atoms with van der Waals surface area (Å²) in [6.45, 7) is -0.874. The first-order chi connectivity index (χ1) is 14.5. The predicted molar refractivity (Wildman–Crippen MR) is 104 cm³/mol. The lowest BCUT2D eigenvalue weighted by Gasteiger charge is -2.39. The molecule has 5 unspecified atom stereocenters. The smallest absolute Gasteiger partial charge is 0.412 e. The van der Waals surface area contributed by atoms with Crippen LogP contribution < -0.4 is 10.2 Å². The number of rotatable bonds is 8. The minimum atomic E-state index is -4.70. The molecule has 2 bridgehead atoms. The Kier molecular flexibility index (Phi) is 7.25. The number of quaternary nitrogens is 1. The molecule has 31 heavy (non-hydrogen) atoms. The third-order valence-electron chi connectivity index (χ3n) is 5.84. The summed E-state index contributed by atoms with van der Waals surface area (Å²) in [7, 11) is -2.47. The first-order valence-electron chi connectivity index (χ1n) is 10.0. The summed E-state index contributed by atoms with van der Waals surface area (Å²) in [6, 6.07) is 7.30. The second kappa shape index (κ2) is 9.40. The van der Waals surface area contributed by atoms with E-state index in [-0.39, 0.29) is 23.2 Å². The van der Waals surface area contributed by atoms with Crippen molar-refractivity contribution in [2.24, 2.45) is 5.92 Å². The van der Waals surface area contributed by atoms with Gasteiger partial charge in [-0.05, 0) is 19.1 Å². The van der Waals surface area contributed by atoms with Crippen molar-refractivity contribution in [2.45, 2.75) is 50.6 Å². The first-order valence-corrected chi connectivity index (χ1v) is 11.6. The zero-order valence-electron chi connectivity index (χ0n) is 17.3. The molecule has 0 aliphatic carbocycles. The molecular formula is C20H26F3NO6P+. The van der Waals surface area contributed by atoms with Crippen molar-refractivity contribution >= 4 is 24.7 Å². The van der Waals surface area contributed by atoms with Gasteiger partial charge in [0.25, 0.3) is 0 Å². The predicted octanol–water partition coefficient (Wildman–Crippen LogP) is 1.67. The zero-order valence-corrected chi connectivity index (χ0v) is 18.2. The Morgan fingerprint density at radius 3 is 2.48 bits per heavy atom. The van der Waals surface area contributed by atoms with E-state index >= 15 is 0 Å². The number of ketones is 1. The van der Waals surface area contributed by atoms with Crippen LogP contribution in [0.2, 0.25) is 0 Å². The number of alkyl halides is 3. The van der Waals surface area contributed by atoms with E-state index in [1.807, 2.05) is 7.05 Å². The highest BCUT2D eigenvalue weighted by Gasteiger charge is 2.55. The Bertz CT molecular complexity index is 849. The largest absolute Gasteiger partial charge is 0.457 e. The molecule has 2 fully saturated rings. The summed E-state index contributed by atoms with van der Waals surface area (Å²) in [5, 5.41) is -0.0197. The van der Waals surface area contributed by atoms with Gasteiger partial charge in [0.15, 0.2) is 12.4 Å². The van der Waals surface area contributed by atoms with Crippen LogP contribution in [-0.2, 0) is 27.9 Å². The lowest BCUT2D eigenvalue weighted by molar-refractivity contribution is -0.926. The van der Waals surface area contributed by atoms with Crippen molar-refractivity contribution in [2.75, 3.05) is 20.3 Å². The van der Waals surface area contributed by atoms with Gasteiger partial charge in [-0.15, -0.1) is 0 Å². The molecule has 0 spiro atoms. The molecule has 1 aromatic carbocycles. The van der Waals surface area contributed by atoms with Crippen LogP contribution in [0.5, 0.6) is 0 Å². The molecule has 172 valence electrons. The van der Waals surface area contributed by atoms with E-state index in [4.69, 9.17) is 13.8 Å². The number of fused-ring (bicyclic) bond motifs is 2. The molecule has 1 N–H and O–H groups in total. The molecule has 2 saturated heterocycles. The third-order valence-corrected chi connectivity index (χ3v) is 7.79. The SMILES string of the molecule is CC(=O)COC(=O)[C@H]1C(OP(=O)(OCC(F)(F)F)c2ccccc2)CC2CCC1[NH+]2C. The van der Waals surface area contributed by atoms with E-state index in [2.05, 4.69) is 0 Å². The number of carbonyl (C=O) groups excluding carboxylic acids is 2. The van der Waals surface area contributed by atoms with Gasteiger partial charge in [0, 0.05) is 19.3 Å². The van der Waals surface area contributed by atoms with Crippen LogP contribution in [0.4, 0.5) is 13.2 Å². The van der Waals surface area contributed by atoms with Gasteiger partial charge in [0.1, 0.15) is 18.6 Å². The molecule has 2 aliphatic rings. The second-order valence-electron chi connectivity index (χ2n) is 8.06. The van der Waals surface area contributed by atoms with Crippen molar-refractivity contribution < 1.29 is 46.0 Å². The van der Waals surface area contributed by atoms with Crippen LogP contribution >= 0.6 is 7.60 Å². The van der Waals surface area contributed by atoms with Gasteiger partial charge in [-0.2, -0.15) is 13.2 Å². The van der Waals surface area contributed by atoms with Gasteiger partial charge in [-0.1, -0.05) is 18.2 Å². The minimum absolute atomic E-state index is 0.0197. The van der Waals surface area contributed by atoms with Gasteiger partial charge in [-0.3, -0.25) is 18.7 Å². The highest BCUT2D eigenvalue weighted by molar-refractivity contribution is 7.62. The molecule has 0 radical (unpaired) electrons. The van der Waals surface area contributed by atoms with Crippen LogP contribution in [0, 0.1) is 5.92 Å². The molecule has 7 nitrogen and oxygen atoms in total. The van der Waals surface area contributed by atoms with Crippen molar-refractivity contribution in [3.8, 4) is 0 Å². The lowest BCUT2D eigenvalue weighted by Crippen LogP contribution is -3.16. The monoisotopic (exact) mass is 464 g/mol. The van der Waals surface area contributed by atoms with Crippen LogP contribution in [-0.4, -0.2) is 56.4 Å². The van der Waals surface area contributed by atoms with Gasteiger partial charge in [0.05, 0.1) is 24.5 Å². The number of piperidine rings is 1. The maximum absolute atomic E-state index is 13.5. The van der Waals surface area contributed by atoms with E-state index in [0.29, 0.717) is 12.8 Å². The molecule has 3 rings (SSSR count). The summed E-state index contributed by atoms with van der Waals surface area (Å²) >= 11 is 0. The summed E-state index contributed by atoms with van der Waals surface area (Å²) < 4.78 is 67.7. The number of halogens is 3. The fourth-order valence-electron chi connectivity index (χ4n) is 4.40. The van der Waals surface area contributed by atoms with E-state index in [0.717, 1.165) is 11.3 Å². The van der Waals surface area contributed by atoms with Crippen molar-refractivity contribution in [3.63, 3.8) is 0 Å². The highest BCUT2D eigenvalue weighted by atomic mass is 31.2. The van der Waals surface area contributed by atoms with Crippen LogP contribution in [0.3, 0.4) is 0 Å². The van der Waals surface area contributed by atoms with Crippen molar-refractivity contribution in [3.05, 3.63) is 30.3 Å². The van der Waals surface area contributed by atoms with Gasteiger partial charge in [-0.25, -0.2) is 0 Å². The van der Waals surface area contributed by atoms with Gasteiger partial charge in [0.2, 0.25) is 0 Å². The lowest BCUT2D eigenvalue weighted by atomic mass is 9.88. The molecule has 6 atom stereocenters. The molecular weight excluding hydrogens is 438 g/mol. The number of carbonyl (C=O) groups is 2. The zero-order chi connectivity index (χ0) is 22.8. The maximum Gasteiger partial charge on any atom is 0.412 e. The first kappa shape index (κ1) is 23.9. The average Bonchev–Trinajstić information content (AvgIpc) is 2.94. The second-order valence-corrected chi connectivity index (χ2v) is 10.0. The quantitative estimate of drug-likeness (QED) is 0.466. The number of hydrogen-bond donors (Lipinski definition) is 1. The number of Topliss-reactive ketones (excluding diaryl/α,β-unsaturated/α-hetero) is 1. The van der Waals surface area contributed by atoms with E-state index in [1.54, 1.807) is 6.07 Å². The fraction of sp³-hybridized carbons (Fsp3) is 0.600. The number of nitrogens with one attached hydrogen (secondary N) is 1. The number of esters is 1. The summed E-state index contributed by atoms with van der Waals surface area (Å²) in [6.07, 6.45) is -3.86. The van der Waals surface area contributed by atoms with E-state index in [1.165, 1.54) is 31.2 Å². The normalized spacial score (nSPS) is 29.9. The highest BCUT2D eigenvalue weighted by Crippen LogP contribution is 2.51. The topological polar surface area (TPSA) is 83.3 Å². The minimum Gasteiger partial charge on any atom is -0.457 e. The fourth-order valence-corrected chi connectivity index (χ4v) is 6.16. The van der Waals surface area contributed by atoms with Crippen LogP contribution in [0.25, 0.3) is 0 Å². The number of ether oxygens (including phenoxy) is 1. The Labute approximate surface area is 178 Å². The number of benzene rings is 1. The Balaban J connectivity index is 1.89. The van der Waals surface area contributed by atoms with Gasteiger partial charge < -0.3 is 14.2 Å². The molecule has 11 heteroatoms. The standard InChI is InChI=1S/C20H25F3NO6P/c1-13(25)11-28-19(26)18-16-9-8-14(24(16)2)10-17(18)30-31(27,29-12-20(21,22)23)15-6-4-3-5-7-15/h3-7,14,16-18H,8-12H2,1-2H3/p+1/t14?,16?,17?,18-,31?/m1/s1. The Morgan fingerprint density at radius 2 is 1.87 bits per heavy atom. The van der Waals surface area contributed by atoms with Gasteiger partial charge >= 0.3 is 19.7 Å². The molecule has 0 saturated carbocycles.